The molecule has 1 atom stereocenters. The van der Waals surface area contributed by atoms with E-state index >= 15 is 0 Å². The van der Waals surface area contributed by atoms with Gasteiger partial charge in [0, 0.05) is 5.56 Å². The first-order chi connectivity index (χ1) is 13.6. The van der Waals surface area contributed by atoms with Gasteiger partial charge in [0.25, 0.3) is 5.91 Å². The molecule has 0 aliphatic heterocycles. The molecule has 0 aromatic heterocycles. The van der Waals surface area contributed by atoms with Crippen molar-refractivity contribution in [3.8, 4) is 0 Å². The number of ether oxygens (including phenoxy) is 1. The van der Waals surface area contributed by atoms with Gasteiger partial charge in [-0.05, 0) is 30.2 Å². The lowest BCUT2D eigenvalue weighted by molar-refractivity contribution is -0.147. The standard InChI is InChI=1S/C24H23NO3/c1-18(23(27)28-2)24(20-14-8-4-9-15-20,21-16-10-5-11-17-21)25-22(26)19-12-6-3-7-13-19/h3-18H,1-2H3,(H,25,26). The Bertz CT molecular complexity index is 884. The molecule has 0 aliphatic rings. The quantitative estimate of drug-likeness (QED) is 0.660. The Kier molecular flexibility index (Phi) is 5.90. The predicted molar refractivity (Wildman–Crippen MR) is 109 cm³/mol. The van der Waals surface area contributed by atoms with Crippen LogP contribution in [0.3, 0.4) is 0 Å². The second kappa shape index (κ2) is 8.53. The van der Waals surface area contributed by atoms with Crippen LogP contribution in [-0.2, 0) is 15.1 Å². The third-order valence-electron chi connectivity index (χ3n) is 5.01. The molecule has 28 heavy (non-hydrogen) atoms. The highest BCUT2D eigenvalue weighted by Crippen LogP contribution is 2.38. The average Bonchev–Trinajstić information content (AvgIpc) is 2.78. The van der Waals surface area contributed by atoms with Crippen molar-refractivity contribution >= 4 is 11.9 Å². The van der Waals surface area contributed by atoms with Gasteiger partial charge in [-0.1, -0.05) is 78.9 Å². The van der Waals surface area contributed by atoms with Crippen LogP contribution in [-0.4, -0.2) is 19.0 Å². The molecule has 0 bridgehead atoms. The topological polar surface area (TPSA) is 55.4 Å². The Hall–Kier alpha value is -3.40. The van der Waals surface area contributed by atoms with Gasteiger partial charge in [-0.3, -0.25) is 9.59 Å². The number of benzene rings is 3. The van der Waals surface area contributed by atoms with Crippen molar-refractivity contribution in [2.24, 2.45) is 5.92 Å². The molecule has 0 fully saturated rings. The Balaban J connectivity index is 2.21. The fourth-order valence-electron chi connectivity index (χ4n) is 3.52. The van der Waals surface area contributed by atoms with Gasteiger partial charge in [0.1, 0.15) is 5.54 Å². The molecular weight excluding hydrogens is 350 g/mol. The van der Waals surface area contributed by atoms with Crippen molar-refractivity contribution < 1.29 is 14.3 Å². The summed E-state index contributed by atoms with van der Waals surface area (Å²) in [5, 5.41) is 3.15. The third-order valence-corrected chi connectivity index (χ3v) is 5.01. The second-order valence-corrected chi connectivity index (χ2v) is 6.61. The van der Waals surface area contributed by atoms with E-state index in [2.05, 4.69) is 5.32 Å². The summed E-state index contributed by atoms with van der Waals surface area (Å²) in [6, 6.07) is 28.0. The van der Waals surface area contributed by atoms with Gasteiger partial charge >= 0.3 is 5.97 Å². The number of hydrogen-bond acceptors (Lipinski definition) is 3. The van der Waals surface area contributed by atoms with Crippen molar-refractivity contribution in [2.75, 3.05) is 7.11 Å². The predicted octanol–water partition coefficient (Wildman–Crippen LogP) is 4.17. The minimum absolute atomic E-state index is 0.260. The Morgan fingerprint density at radius 2 is 1.21 bits per heavy atom. The zero-order valence-electron chi connectivity index (χ0n) is 16.0. The monoisotopic (exact) mass is 373 g/mol. The smallest absolute Gasteiger partial charge is 0.311 e. The molecule has 3 aromatic carbocycles. The average molecular weight is 373 g/mol. The minimum Gasteiger partial charge on any atom is -0.469 e. The zero-order valence-corrected chi connectivity index (χ0v) is 16.0. The molecule has 0 radical (unpaired) electrons. The first-order valence-electron chi connectivity index (χ1n) is 9.16. The number of methoxy groups -OCH3 is 1. The number of hydrogen-bond donors (Lipinski definition) is 1. The van der Waals surface area contributed by atoms with Gasteiger partial charge in [0.15, 0.2) is 0 Å². The van der Waals surface area contributed by atoms with Crippen LogP contribution in [0.5, 0.6) is 0 Å². The van der Waals surface area contributed by atoms with Crippen LogP contribution in [0.1, 0.15) is 28.4 Å². The van der Waals surface area contributed by atoms with Crippen LogP contribution >= 0.6 is 0 Å². The van der Waals surface area contributed by atoms with Crippen LogP contribution in [0.15, 0.2) is 91.0 Å². The first kappa shape index (κ1) is 19.4. The van der Waals surface area contributed by atoms with E-state index in [4.69, 9.17) is 4.74 Å². The maximum atomic E-state index is 13.2. The van der Waals surface area contributed by atoms with Crippen molar-refractivity contribution in [1.29, 1.82) is 0 Å². The molecule has 3 aromatic rings. The lowest BCUT2D eigenvalue weighted by atomic mass is 9.73. The van der Waals surface area contributed by atoms with Gasteiger partial charge in [-0.15, -0.1) is 0 Å². The molecule has 4 heteroatoms. The molecule has 1 unspecified atom stereocenters. The summed E-state index contributed by atoms with van der Waals surface area (Å²) >= 11 is 0. The van der Waals surface area contributed by atoms with Crippen LogP contribution in [0.25, 0.3) is 0 Å². The Labute approximate surface area is 165 Å². The zero-order chi connectivity index (χ0) is 20.0. The molecule has 0 heterocycles. The van der Waals surface area contributed by atoms with E-state index in [-0.39, 0.29) is 5.91 Å². The van der Waals surface area contributed by atoms with Crippen LogP contribution in [0, 0.1) is 5.92 Å². The van der Waals surface area contributed by atoms with Gasteiger partial charge in [0.2, 0.25) is 0 Å². The molecule has 0 saturated carbocycles. The number of carbonyl (C=O) groups is 2. The molecule has 0 spiro atoms. The van der Waals surface area contributed by atoms with E-state index in [1.165, 1.54) is 7.11 Å². The summed E-state index contributed by atoms with van der Waals surface area (Å²) < 4.78 is 5.06. The highest BCUT2D eigenvalue weighted by molar-refractivity contribution is 5.95. The number of esters is 1. The summed E-state index contributed by atoms with van der Waals surface area (Å²) in [6.45, 7) is 1.77. The van der Waals surface area contributed by atoms with E-state index < -0.39 is 17.4 Å². The van der Waals surface area contributed by atoms with Crippen LogP contribution < -0.4 is 5.32 Å². The molecule has 142 valence electrons. The van der Waals surface area contributed by atoms with Crippen molar-refractivity contribution in [2.45, 2.75) is 12.5 Å². The summed E-state index contributed by atoms with van der Waals surface area (Å²) in [6.07, 6.45) is 0. The van der Waals surface area contributed by atoms with E-state index in [1.807, 2.05) is 78.9 Å². The second-order valence-electron chi connectivity index (χ2n) is 6.61. The molecule has 1 N–H and O–H groups in total. The van der Waals surface area contributed by atoms with E-state index in [0.717, 1.165) is 11.1 Å². The fraction of sp³-hybridized carbons (Fsp3) is 0.167. The van der Waals surface area contributed by atoms with E-state index in [9.17, 15) is 9.59 Å². The number of rotatable bonds is 6. The molecular formula is C24H23NO3. The first-order valence-corrected chi connectivity index (χ1v) is 9.16. The Morgan fingerprint density at radius 3 is 1.64 bits per heavy atom. The molecule has 1 amide bonds. The Morgan fingerprint density at radius 1 is 0.786 bits per heavy atom. The van der Waals surface area contributed by atoms with Crippen molar-refractivity contribution in [1.82, 2.24) is 5.32 Å². The summed E-state index contributed by atoms with van der Waals surface area (Å²) in [7, 11) is 1.36. The van der Waals surface area contributed by atoms with E-state index in [1.54, 1.807) is 19.1 Å². The summed E-state index contributed by atoms with van der Waals surface area (Å²) in [4.78, 5) is 25.8. The van der Waals surface area contributed by atoms with Gasteiger partial charge in [0.05, 0.1) is 13.0 Å². The van der Waals surface area contributed by atoms with Crippen LogP contribution in [0.4, 0.5) is 0 Å². The fourth-order valence-corrected chi connectivity index (χ4v) is 3.52. The van der Waals surface area contributed by atoms with Gasteiger partial charge in [-0.2, -0.15) is 0 Å². The molecule has 4 nitrogen and oxygen atoms in total. The normalized spacial score (nSPS) is 12.1. The molecule has 3 rings (SSSR count). The minimum atomic E-state index is -1.08. The number of nitrogens with one attached hydrogen (secondary N) is 1. The number of amides is 1. The lowest BCUT2D eigenvalue weighted by Crippen LogP contribution is -2.53. The van der Waals surface area contributed by atoms with Crippen molar-refractivity contribution in [3.63, 3.8) is 0 Å². The largest absolute Gasteiger partial charge is 0.469 e. The summed E-state index contributed by atoms with van der Waals surface area (Å²) in [5.74, 6) is -1.32. The maximum absolute atomic E-state index is 13.2. The summed E-state index contributed by atoms with van der Waals surface area (Å²) in [5.41, 5.74) is 1.06. The van der Waals surface area contributed by atoms with Gasteiger partial charge < -0.3 is 10.1 Å². The third kappa shape index (κ3) is 3.67. The van der Waals surface area contributed by atoms with Gasteiger partial charge in [-0.25, -0.2) is 0 Å². The highest BCUT2D eigenvalue weighted by atomic mass is 16.5. The SMILES string of the molecule is COC(=O)C(C)C(NC(=O)c1ccccc1)(c1ccccc1)c1ccccc1. The highest BCUT2D eigenvalue weighted by Gasteiger charge is 2.45. The van der Waals surface area contributed by atoms with E-state index in [0.29, 0.717) is 5.56 Å². The van der Waals surface area contributed by atoms with Crippen LogP contribution in [0.2, 0.25) is 0 Å². The lowest BCUT2D eigenvalue weighted by Gasteiger charge is -2.39. The van der Waals surface area contributed by atoms with Crippen molar-refractivity contribution in [3.05, 3.63) is 108 Å². The number of carbonyl (C=O) groups excluding carboxylic acids is 2. The molecule has 0 aliphatic carbocycles. The maximum Gasteiger partial charge on any atom is 0.311 e. The molecule has 0 saturated heterocycles.